The third-order valence-electron chi connectivity index (χ3n) is 2.86. The Kier molecular flexibility index (Phi) is 2.37. The number of hydrogen-bond donors (Lipinski definition) is 0. The van der Waals surface area contributed by atoms with Gasteiger partial charge < -0.3 is 9.47 Å². The molecule has 19 heavy (non-hydrogen) atoms. The van der Waals surface area contributed by atoms with Gasteiger partial charge in [0.2, 0.25) is 0 Å². The molecule has 2 aromatic carbocycles. The standard InChI is InChI=1S/C15H8N2O2/c1-9-2-3-12-13(4-9)19-15-6-11(8-17)10(7-16)5-14(15)18-12/h2-6H,1H3. The van der Waals surface area contributed by atoms with E-state index in [0.29, 0.717) is 23.0 Å². The molecule has 0 unspecified atom stereocenters. The lowest BCUT2D eigenvalue weighted by Crippen LogP contribution is -2.00. The normalized spacial score (nSPS) is 11.1. The molecule has 0 saturated heterocycles. The predicted octanol–water partition coefficient (Wildman–Crippen LogP) is 3.64. The Labute approximate surface area is 110 Å². The van der Waals surface area contributed by atoms with E-state index in [0.717, 1.165) is 5.56 Å². The van der Waals surface area contributed by atoms with Gasteiger partial charge in [0.1, 0.15) is 12.1 Å². The second kappa shape index (κ2) is 4.04. The fraction of sp³-hybridized carbons (Fsp3) is 0.0667. The summed E-state index contributed by atoms with van der Waals surface area (Å²) in [5, 5.41) is 18.0. The summed E-state index contributed by atoms with van der Waals surface area (Å²) in [5.74, 6) is 2.12. The molecule has 3 rings (SSSR count). The number of benzene rings is 2. The number of hydrogen-bond acceptors (Lipinski definition) is 4. The van der Waals surface area contributed by atoms with Crippen LogP contribution in [0.4, 0.5) is 0 Å². The number of ether oxygens (including phenoxy) is 2. The van der Waals surface area contributed by atoms with Crippen LogP contribution in [0, 0.1) is 29.6 Å². The molecule has 0 fully saturated rings. The minimum Gasteiger partial charge on any atom is -0.449 e. The molecule has 0 aromatic heterocycles. The summed E-state index contributed by atoms with van der Waals surface area (Å²) < 4.78 is 11.4. The van der Waals surface area contributed by atoms with Crippen LogP contribution in [0.3, 0.4) is 0 Å². The minimum absolute atomic E-state index is 0.278. The van der Waals surface area contributed by atoms with Crippen molar-refractivity contribution in [3.05, 3.63) is 47.0 Å². The Morgan fingerprint density at radius 2 is 1.32 bits per heavy atom. The smallest absolute Gasteiger partial charge is 0.171 e. The average molecular weight is 248 g/mol. The summed E-state index contributed by atoms with van der Waals surface area (Å²) >= 11 is 0. The van der Waals surface area contributed by atoms with Crippen molar-refractivity contribution in [1.29, 1.82) is 10.5 Å². The Morgan fingerprint density at radius 1 is 0.789 bits per heavy atom. The molecule has 0 bridgehead atoms. The highest BCUT2D eigenvalue weighted by Crippen LogP contribution is 2.46. The number of rotatable bonds is 0. The molecule has 4 nitrogen and oxygen atoms in total. The van der Waals surface area contributed by atoms with Gasteiger partial charge in [-0.1, -0.05) is 6.07 Å². The summed E-state index contributed by atoms with van der Waals surface area (Å²) in [6, 6.07) is 12.6. The van der Waals surface area contributed by atoms with Gasteiger partial charge in [-0.2, -0.15) is 10.5 Å². The van der Waals surface area contributed by atoms with Crippen molar-refractivity contribution < 1.29 is 9.47 Å². The van der Waals surface area contributed by atoms with Crippen LogP contribution in [-0.2, 0) is 0 Å². The van der Waals surface area contributed by atoms with Crippen molar-refractivity contribution in [2.75, 3.05) is 0 Å². The molecule has 0 aliphatic carbocycles. The fourth-order valence-corrected chi connectivity index (χ4v) is 1.92. The zero-order valence-corrected chi connectivity index (χ0v) is 10.1. The second-order valence-electron chi connectivity index (χ2n) is 4.22. The maximum absolute atomic E-state index is 8.99. The van der Waals surface area contributed by atoms with Crippen LogP contribution in [0.2, 0.25) is 0 Å². The molecule has 0 saturated carbocycles. The van der Waals surface area contributed by atoms with Gasteiger partial charge in [0, 0.05) is 12.1 Å². The Hall–Kier alpha value is -2.98. The van der Waals surface area contributed by atoms with Gasteiger partial charge in [0.05, 0.1) is 11.1 Å². The van der Waals surface area contributed by atoms with Crippen LogP contribution in [0.1, 0.15) is 16.7 Å². The lowest BCUT2D eigenvalue weighted by Gasteiger charge is -2.21. The van der Waals surface area contributed by atoms with Gasteiger partial charge in [-0.3, -0.25) is 0 Å². The van der Waals surface area contributed by atoms with E-state index in [1.165, 1.54) is 12.1 Å². The van der Waals surface area contributed by atoms with E-state index >= 15 is 0 Å². The zero-order valence-electron chi connectivity index (χ0n) is 10.1. The molecule has 90 valence electrons. The Morgan fingerprint density at radius 3 is 1.89 bits per heavy atom. The van der Waals surface area contributed by atoms with E-state index < -0.39 is 0 Å². The summed E-state index contributed by atoms with van der Waals surface area (Å²) in [5.41, 5.74) is 1.61. The number of nitrogens with zero attached hydrogens (tertiary/aromatic N) is 2. The molecule has 2 aromatic rings. The average Bonchev–Trinajstić information content (AvgIpc) is 2.43. The third-order valence-corrected chi connectivity index (χ3v) is 2.86. The van der Waals surface area contributed by atoms with Gasteiger partial charge in [-0.05, 0) is 24.6 Å². The molecular formula is C15H8N2O2. The minimum atomic E-state index is 0.278. The van der Waals surface area contributed by atoms with Gasteiger partial charge in [0.25, 0.3) is 0 Å². The van der Waals surface area contributed by atoms with Crippen LogP contribution >= 0.6 is 0 Å². The van der Waals surface area contributed by atoms with E-state index in [2.05, 4.69) is 0 Å². The maximum Gasteiger partial charge on any atom is 0.171 e. The van der Waals surface area contributed by atoms with Crippen LogP contribution in [0.25, 0.3) is 0 Å². The number of nitriles is 2. The Balaban J connectivity index is 2.13. The SMILES string of the molecule is Cc1ccc2c(c1)Oc1cc(C#N)c(C#N)cc1O2. The van der Waals surface area contributed by atoms with Gasteiger partial charge in [-0.25, -0.2) is 0 Å². The van der Waals surface area contributed by atoms with Crippen LogP contribution < -0.4 is 9.47 Å². The highest BCUT2D eigenvalue weighted by molar-refractivity contribution is 5.61. The van der Waals surface area contributed by atoms with Gasteiger partial charge in [-0.15, -0.1) is 0 Å². The first-order chi connectivity index (χ1) is 9.21. The molecule has 4 heteroatoms. The molecule has 0 atom stereocenters. The van der Waals surface area contributed by atoms with E-state index in [-0.39, 0.29) is 11.1 Å². The Bertz CT molecular complexity index is 767. The first-order valence-corrected chi connectivity index (χ1v) is 5.66. The topological polar surface area (TPSA) is 66.0 Å². The largest absolute Gasteiger partial charge is 0.449 e. The van der Waals surface area contributed by atoms with Crippen LogP contribution in [0.15, 0.2) is 30.3 Å². The monoisotopic (exact) mass is 248 g/mol. The number of aryl methyl sites for hydroxylation is 1. The molecule has 1 aliphatic rings. The predicted molar refractivity (Wildman–Crippen MR) is 67.2 cm³/mol. The molecule has 0 spiro atoms. The van der Waals surface area contributed by atoms with Crippen molar-refractivity contribution in [1.82, 2.24) is 0 Å². The summed E-state index contributed by atoms with van der Waals surface area (Å²) in [7, 11) is 0. The molecule has 1 aliphatic heterocycles. The van der Waals surface area contributed by atoms with E-state index in [1.54, 1.807) is 0 Å². The van der Waals surface area contributed by atoms with Crippen molar-refractivity contribution in [2.24, 2.45) is 0 Å². The highest BCUT2D eigenvalue weighted by Gasteiger charge is 2.21. The summed E-state index contributed by atoms with van der Waals surface area (Å²) in [6.07, 6.45) is 0. The van der Waals surface area contributed by atoms with E-state index in [9.17, 15) is 0 Å². The molecular weight excluding hydrogens is 240 g/mol. The van der Waals surface area contributed by atoms with Crippen molar-refractivity contribution >= 4 is 0 Å². The molecule has 1 heterocycles. The first-order valence-electron chi connectivity index (χ1n) is 5.66. The fourth-order valence-electron chi connectivity index (χ4n) is 1.92. The highest BCUT2D eigenvalue weighted by atomic mass is 16.6. The second-order valence-corrected chi connectivity index (χ2v) is 4.22. The first kappa shape index (κ1) is 11.1. The molecule has 0 amide bonds. The third kappa shape index (κ3) is 1.76. The van der Waals surface area contributed by atoms with Gasteiger partial charge >= 0.3 is 0 Å². The van der Waals surface area contributed by atoms with Crippen molar-refractivity contribution in [2.45, 2.75) is 6.92 Å². The van der Waals surface area contributed by atoms with Crippen LogP contribution in [-0.4, -0.2) is 0 Å². The molecule has 0 radical (unpaired) electrons. The van der Waals surface area contributed by atoms with Crippen LogP contribution in [0.5, 0.6) is 23.0 Å². The molecule has 0 N–H and O–H groups in total. The van der Waals surface area contributed by atoms with Crippen molar-refractivity contribution in [3.8, 4) is 35.1 Å². The van der Waals surface area contributed by atoms with Crippen molar-refractivity contribution in [3.63, 3.8) is 0 Å². The summed E-state index contributed by atoms with van der Waals surface area (Å²) in [6.45, 7) is 1.96. The lowest BCUT2D eigenvalue weighted by atomic mass is 10.1. The maximum atomic E-state index is 8.99. The van der Waals surface area contributed by atoms with E-state index in [1.807, 2.05) is 37.3 Å². The zero-order chi connectivity index (χ0) is 13.4. The number of fused-ring (bicyclic) bond motifs is 2. The summed E-state index contributed by atoms with van der Waals surface area (Å²) in [4.78, 5) is 0. The quantitative estimate of drug-likeness (QED) is 0.609. The van der Waals surface area contributed by atoms with Gasteiger partial charge in [0.15, 0.2) is 23.0 Å². The van der Waals surface area contributed by atoms with E-state index in [4.69, 9.17) is 20.0 Å². The lowest BCUT2D eigenvalue weighted by molar-refractivity contribution is 0.359.